The summed E-state index contributed by atoms with van der Waals surface area (Å²) in [5.41, 5.74) is -2.26. The zero-order chi connectivity index (χ0) is 73.8. The normalized spacial score (nSPS) is 26.3. The lowest BCUT2D eigenvalue weighted by Gasteiger charge is -2.48. The Labute approximate surface area is 570 Å². The molecule has 0 bridgehead atoms. The molecule has 1 heterocycles. The maximum Gasteiger partial charge on any atom is 0.276 e. The van der Waals surface area contributed by atoms with E-state index in [1.54, 1.807) is 60.6 Å². The molecule has 1 saturated heterocycles. The second-order valence-electron chi connectivity index (χ2n) is 29.4. The van der Waals surface area contributed by atoms with E-state index in [9.17, 15) is 38.7 Å². The van der Waals surface area contributed by atoms with Crippen LogP contribution in [-0.2, 0) is 57.5 Å². The smallest absolute Gasteiger partial charge is 0.276 e. The summed E-state index contributed by atoms with van der Waals surface area (Å²) < 4.78 is 6.93. The van der Waals surface area contributed by atoms with Crippen LogP contribution in [-0.4, -0.2) is 257 Å². The maximum atomic E-state index is 16.3. The van der Waals surface area contributed by atoms with Crippen LogP contribution in [0.2, 0.25) is 0 Å². The Balaban J connectivity index is 4.65. The molecular weight excluding hydrogens is 1220 g/mol. The lowest BCUT2D eigenvalue weighted by atomic mass is 9.89. The summed E-state index contributed by atoms with van der Waals surface area (Å²) in [6, 6.07) is -11.5. The molecule has 0 radical (unpaired) electrons. The Hall–Kier alpha value is -6.21. The van der Waals surface area contributed by atoms with Crippen LogP contribution < -0.4 is 21.3 Å². The molecule has 1 aliphatic rings. The Kier molecular flexibility index (Phi) is 35.9. The summed E-state index contributed by atoms with van der Waals surface area (Å²) in [7, 11) is 9.87. The average Bonchev–Trinajstić information content (AvgIpc) is 0.758. The van der Waals surface area contributed by atoms with Crippen LogP contribution in [0, 0.1) is 41.4 Å². The van der Waals surface area contributed by atoms with Crippen molar-refractivity contribution in [2.45, 2.75) is 262 Å². The summed E-state index contributed by atoms with van der Waals surface area (Å²) in [5, 5.41) is 23.6. The summed E-state index contributed by atoms with van der Waals surface area (Å²) in [5.74, 6) is -10.7. The largest absolute Gasteiger partial charge is 0.390 e. The van der Waals surface area contributed by atoms with Crippen LogP contribution in [0.5, 0.6) is 0 Å². The molecule has 0 aromatic rings. The number of carbonyl (C=O) groups excluding carboxylic acids is 11. The third kappa shape index (κ3) is 23.8. The molecule has 1 aliphatic heterocycles. The van der Waals surface area contributed by atoms with Gasteiger partial charge in [0.05, 0.1) is 19.3 Å². The van der Waals surface area contributed by atoms with Gasteiger partial charge in [-0.3, -0.25) is 57.6 Å². The van der Waals surface area contributed by atoms with E-state index < -0.39 is 155 Å². The van der Waals surface area contributed by atoms with E-state index in [1.807, 2.05) is 83.1 Å². The summed E-state index contributed by atoms with van der Waals surface area (Å²) in [6.07, 6.45) is 2.74. The zero-order valence-corrected chi connectivity index (χ0v) is 63.4. The molecule has 546 valence electrons. The van der Waals surface area contributed by atoms with Gasteiger partial charge in [0.25, 0.3) is 5.91 Å². The molecule has 11 amide bonds. The van der Waals surface area contributed by atoms with Crippen molar-refractivity contribution in [3.8, 4) is 0 Å². The highest BCUT2D eigenvalue weighted by atomic mass is 16.5. The zero-order valence-electron chi connectivity index (χ0n) is 63.4. The molecule has 5 N–H and O–H groups in total. The first-order valence-corrected chi connectivity index (χ1v) is 34.6. The predicted molar refractivity (Wildman–Crippen MR) is 370 cm³/mol. The number of allylic oxidation sites excluding steroid dienone is 2. The van der Waals surface area contributed by atoms with Crippen LogP contribution >= 0.6 is 0 Å². The van der Waals surface area contributed by atoms with Crippen LogP contribution in [0.15, 0.2) is 12.2 Å². The maximum absolute atomic E-state index is 16.3. The summed E-state index contributed by atoms with van der Waals surface area (Å²) in [6.45, 7) is 37.5. The monoisotopic (exact) mass is 1340 g/mol. The number of rotatable bonds is 21. The molecular formula is C70H128N12O13. The Morgan fingerprint density at radius 3 is 1.43 bits per heavy atom. The number of nitrogens with zero attached hydrogens (tertiary/aromatic N) is 8. The van der Waals surface area contributed by atoms with Crippen LogP contribution in [0.3, 0.4) is 0 Å². The van der Waals surface area contributed by atoms with Gasteiger partial charge in [-0.2, -0.15) is 0 Å². The van der Waals surface area contributed by atoms with Crippen LogP contribution in [0.4, 0.5) is 0 Å². The fourth-order valence-electron chi connectivity index (χ4n) is 12.4. The number of amides is 11. The number of carbonyl (C=O) groups is 11. The minimum absolute atomic E-state index is 0.0122. The van der Waals surface area contributed by atoms with E-state index in [-0.39, 0.29) is 80.9 Å². The number of nitrogens with one attached hydrogen (secondary N) is 4. The number of ether oxygens (including phenoxy) is 1. The Bertz CT molecular complexity index is 2590. The van der Waals surface area contributed by atoms with Crippen LogP contribution in [0.25, 0.3) is 0 Å². The fourth-order valence-corrected chi connectivity index (χ4v) is 12.4. The average molecular weight is 1350 g/mol. The highest BCUT2D eigenvalue weighted by Gasteiger charge is 2.55. The highest BCUT2D eigenvalue weighted by molar-refractivity contribution is 6.00. The van der Waals surface area contributed by atoms with Gasteiger partial charge in [-0.1, -0.05) is 109 Å². The van der Waals surface area contributed by atoms with Gasteiger partial charge in [0.15, 0.2) is 0 Å². The number of hydrogen-bond acceptors (Lipinski definition) is 14. The van der Waals surface area contributed by atoms with Crippen LogP contribution in [0.1, 0.15) is 184 Å². The number of aliphatic hydroxyl groups is 1. The van der Waals surface area contributed by atoms with Crippen molar-refractivity contribution in [3.63, 3.8) is 0 Å². The van der Waals surface area contributed by atoms with E-state index in [4.69, 9.17) is 4.74 Å². The molecule has 25 nitrogen and oxygen atoms in total. The first kappa shape index (κ1) is 86.8. The van der Waals surface area contributed by atoms with Gasteiger partial charge in [-0.25, -0.2) is 0 Å². The van der Waals surface area contributed by atoms with E-state index >= 15 is 19.2 Å². The van der Waals surface area contributed by atoms with E-state index in [1.165, 1.54) is 87.7 Å². The molecule has 25 heteroatoms. The molecule has 0 unspecified atom stereocenters. The second-order valence-corrected chi connectivity index (χ2v) is 29.4. The van der Waals surface area contributed by atoms with Gasteiger partial charge in [-0.15, -0.1) is 0 Å². The topological polar surface area (TPSA) is 291 Å². The highest BCUT2D eigenvalue weighted by Crippen LogP contribution is 2.33. The number of likely N-dealkylation sites (N-methyl/N-ethyl adjacent to an activating group) is 7. The fraction of sp³-hybridized carbons (Fsp3) is 0.814. The number of aliphatic hydroxyl groups excluding tert-OH is 1. The third-order valence-electron chi connectivity index (χ3n) is 18.3. The van der Waals surface area contributed by atoms with Gasteiger partial charge in [-0.05, 0) is 122 Å². The molecule has 0 aliphatic carbocycles. The first-order chi connectivity index (χ1) is 43.8. The van der Waals surface area contributed by atoms with Gasteiger partial charge in [0.1, 0.15) is 54.4 Å². The van der Waals surface area contributed by atoms with Gasteiger partial charge in [0.2, 0.25) is 64.8 Å². The molecule has 1 fully saturated rings. The van der Waals surface area contributed by atoms with E-state index in [0.717, 1.165) is 9.80 Å². The first-order valence-electron chi connectivity index (χ1n) is 34.6. The minimum Gasteiger partial charge on any atom is -0.390 e. The molecule has 12 atom stereocenters. The van der Waals surface area contributed by atoms with E-state index in [2.05, 4.69) is 26.2 Å². The Morgan fingerprint density at radius 1 is 0.537 bits per heavy atom. The number of hydrogen-bond donors (Lipinski definition) is 5. The van der Waals surface area contributed by atoms with E-state index in [0.29, 0.717) is 6.54 Å². The molecule has 0 saturated carbocycles. The SMILES string of the molecule is C/C=C/C[C@@H](C)[C@@H](O)[C@H]1C(=O)N[C@@H](CC)C(=O)N(C)CC(=O)N(C)[C@@H](CC(C)C)C(=O)N[C@@H](C(C)C)C(=O)N(C)[C@@H](CC(C)C)C(=O)N[C@@H](C)C(=O)N[C@H](C)C(=O)N(C)[C@@H](CC(C)C)C(=O)N(C)[C@@H](CC(C)C)C(=O)N(C)[C@](OCCN(C(C)C)C(C)C)(C(C)C)C(=O)N1C. The van der Waals surface area contributed by atoms with Gasteiger partial charge >= 0.3 is 0 Å². The van der Waals surface area contributed by atoms with Gasteiger partial charge in [0, 0.05) is 73.9 Å². The Morgan fingerprint density at radius 2 is 0.979 bits per heavy atom. The summed E-state index contributed by atoms with van der Waals surface area (Å²) >= 11 is 0. The van der Waals surface area contributed by atoms with Crippen molar-refractivity contribution in [2.75, 3.05) is 69.0 Å². The standard InChI is InChI=1S/C70H128N12O13/c1-29-31-32-48(19)59(84)58-63(88)73-51(30-2)65(90)75(22)39-56(83)76(23)52(35-40(3)4)62(87)74-57(44(11)12)68(93)77(24)53(36-41(5)6)61(86)71-49(20)60(85)72-50(21)64(89)78(25)54(37-42(7)8)66(91)79(26)55(38-43(9)10)67(92)81(28)70(45(13)14,69(94)80(58)27)95-34-33-82(46(15)16)47(17)18/h29,31,40-55,57-59,84H,30,32-39H2,1-28H3,(H,71,86)(H,72,85)(H,73,88)(H,74,87)/b31-29+/t48-,49+,50-,51+,52+,53+,54+,55+,57+,58+,59-,70+/m1/s1. The van der Waals surface area contributed by atoms with Crippen molar-refractivity contribution in [1.82, 2.24) is 60.5 Å². The lowest BCUT2D eigenvalue weighted by molar-refractivity contribution is -0.210. The summed E-state index contributed by atoms with van der Waals surface area (Å²) in [4.78, 5) is 175. The predicted octanol–water partition coefficient (Wildman–Crippen LogP) is 4.73. The van der Waals surface area contributed by atoms with Crippen molar-refractivity contribution in [1.29, 1.82) is 0 Å². The van der Waals surface area contributed by atoms with Crippen molar-refractivity contribution in [2.24, 2.45) is 41.4 Å². The van der Waals surface area contributed by atoms with Crippen molar-refractivity contribution < 1.29 is 62.6 Å². The minimum atomic E-state index is -2.26. The molecule has 0 spiro atoms. The quantitative estimate of drug-likeness (QED) is 0.0972. The van der Waals surface area contributed by atoms with Gasteiger partial charge < -0.3 is 65.4 Å². The molecule has 95 heavy (non-hydrogen) atoms. The molecule has 0 aromatic heterocycles. The van der Waals surface area contributed by atoms with Crippen molar-refractivity contribution in [3.05, 3.63) is 12.2 Å². The lowest BCUT2D eigenvalue weighted by Crippen LogP contribution is -2.70. The van der Waals surface area contributed by atoms with Crippen molar-refractivity contribution >= 4 is 65.0 Å². The molecule has 0 aromatic carbocycles. The molecule has 1 rings (SSSR count). The third-order valence-corrected chi connectivity index (χ3v) is 18.3. The second kappa shape index (κ2) is 39.3.